The van der Waals surface area contributed by atoms with Crippen LogP contribution in [0.15, 0.2) is 24.3 Å². The summed E-state index contributed by atoms with van der Waals surface area (Å²) in [5.41, 5.74) is 0.767. The topological polar surface area (TPSA) is 44.4 Å². The number of nitrogens with one attached hydrogen (secondary N) is 2. The monoisotopic (exact) mass is 323 g/mol. The molecule has 5 heteroatoms. The van der Waals surface area contributed by atoms with Crippen molar-refractivity contribution in [3.8, 4) is 0 Å². The molecule has 4 nitrogen and oxygen atoms in total. The SMILES string of the molecule is CNCCC1CCN(CCC(=O)Nc2cccc(Cl)c2)CC1. The molecule has 0 bridgehead atoms. The second-order valence-corrected chi connectivity index (χ2v) is 6.42. The van der Waals surface area contributed by atoms with Crippen molar-refractivity contribution in [1.82, 2.24) is 10.2 Å². The molecule has 0 atom stereocenters. The number of carbonyl (C=O) groups is 1. The van der Waals surface area contributed by atoms with Crippen molar-refractivity contribution in [2.45, 2.75) is 25.7 Å². The fourth-order valence-corrected chi connectivity index (χ4v) is 3.09. The predicted molar refractivity (Wildman–Crippen MR) is 92.4 cm³/mol. The average Bonchev–Trinajstić information content (AvgIpc) is 2.52. The Morgan fingerprint density at radius 1 is 1.36 bits per heavy atom. The summed E-state index contributed by atoms with van der Waals surface area (Å²) in [6.07, 6.45) is 4.29. The molecular formula is C17H26ClN3O. The van der Waals surface area contributed by atoms with Gasteiger partial charge >= 0.3 is 0 Å². The molecule has 1 aromatic rings. The lowest BCUT2D eigenvalue weighted by Crippen LogP contribution is -2.36. The summed E-state index contributed by atoms with van der Waals surface area (Å²) in [6, 6.07) is 7.27. The molecule has 122 valence electrons. The van der Waals surface area contributed by atoms with Gasteiger partial charge in [-0.05, 0) is 70.1 Å². The fraction of sp³-hybridized carbons (Fsp3) is 0.588. The Morgan fingerprint density at radius 2 is 2.14 bits per heavy atom. The highest BCUT2D eigenvalue weighted by Crippen LogP contribution is 2.20. The van der Waals surface area contributed by atoms with Crippen LogP contribution in [0.5, 0.6) is 0 Å². The molecule has 1 aliphatic heterocycles. The van der Waals surface area contributed by atoms with Crippen molar-refractivity contribution in [2.75, 3.05) is 38.5 Å². The third-order valence-corrected chi connectivity index (χ3v) is 4.51. The zero-order valence-corrected chi connectivity index (χ0v) is 14.0. The molecule has 1 aromatic carbocycles. The van der Waals surface area contributed by atoms with E-state index in [1.165, 1.54) is 19.3 Å². The molecule has 1 aliphatic rings. The molecule has 2 N–H and O–H groups in total. The lowest BCUT2D eigenvalue weighted by Gasteiger charge is -2.31. The van der Waals surface area contributed by atoms with Crippen LogP contribution in [0.2, 0.25) is 5.02 Å². The molecular weight excluding hydrogens is 298 g/mol. The summed E-state index contributed by atoms with van der Waals surface area (Å²) in [7, 11) is 2.01. The van der Waals surface area contributed by atoms with E-state index < -0.39 is 0 Å². The number of piperidine rings is 1. The van der Waals surface area contributed by atoms with Crippen molar-refractivity contribution in [3.05, 3.63) is 29.3 Å². The van der Waals surface area contributed by atoms with Gasteiger partial charge in [0.05, 0.1) is 0 Å². The lowest BCUT2D eigenvalue weighted by molar-refractivity contribution is -0.116. The number of benzene rings is 1. The number of likely N-dealkylation sites (tertiary alicyclic amines) is 1. The van der Waals surface area contributed by atoms with Crippen LogP contribution < -0.4 is 10.6 Å². The molecule has 0 aromatic heterocycles. The Morgan fingerprint density at radius 3 is 2.82 bits per heavy atom. The maximum Gasteiger partial charge on any atom is 0.225 e. The predicted octanol–water partition coefficient (Wildman–Crippen LogP) is 2.99. The van der Waals surface area contributed by atoms with Crippen molar-refractivity contribution in [3.63, 3.8) is 0 Å². The van der Waals surface area contributed by atoms with Crippen LogP contribution >= 0.6 is 11.6 Å². The Balaban J connectivity index is 1.65. The summed E-state index contributed by atoms with van der Waals surface area (Å²) in [5, 5.41) is 6.76. The zero-order valence-electron chi connectivity index (χ0n) is 13.3. The fourth-order valence-electron chi connectivity index (χ4n) is 2.90. The van der Waals surface area contributed by atoms with E-state index in [9.17, 15) is 4.79 Å². The number of anilines is 1. The number of rotatable bonds is 7. The van der Waals surface area contributed by atoms with Crippen LogP contribution in [0.4, 0.5) is 5.69 Å². The maximum absolute atomic E-state index is 12.0. The van der Waals surface area contributed by atoms with E-state index in [0.29, 0.717) is 11.4 Å². The van der Waals surface area contributed by atoms with Gasteiger partial charge < -0.3 is 15.5 Å². The highest BCUT2D eigenvalue weighted by molar-refractivity contribution is 6.30. The van der Waals surface area contributed by atoms with E-state index in [0.717, 1.165) is 37.8 Å². The normalized spacial score (nSPS) is 16.6. The van der Waals surface area contributed by atoms with Crippen LogP contribution in [0.25, 0.3) is 0 Å². The van der Waals surface area contributed by atoms with E-state index in [2.05, 4.69) is 15.5 Å². The van der Waals surface area contributed by atoms with Crippen molar-refractivity contribution in [1.29, 1.82) is 0 Å². The third-order valence-electron chi connectivity index (χ3n) is 4.27. The minimum atomic E-state index is 0.0552. The van der Waals surface area contributed by atoms with Crippen molar-refractivity contribution < 1.29 is 4.79 Å². The van der Waals surface area contributed by atoms with Crippen LogP contribution in [-0.4, -0.2) is 44.0 Å². The smallest absolute Gasteiger partial charge is 0.225 e. The van der Waals surface area contributed by atoms with E-state index in [-0.39, 0.29) is 5.91 Å². The first kappa shape index (κ1) is 17.3. The molecule has 0 unspecified atom stereocenters. The molecule has 1 fully saturated rings. The van der Waals surface area contributed by atoms with Gasteiger partial charge in [-0.15, -0.1) is 0 Å². The summed E-state index contributed by atoms with van der Waals surface area (Å²) < 4.78 is 0. The third kappa shape index (κ3) is 5.95. The van der Waals surface area contributed by atoms with E-state index in [1.54, 1.807) is 12.1 Å². The summed E-state index contributed by atoms with van der Waals surface area (Å²) in [6.45, 7) is 4.16. The molecule has 2 rings (SSSR count). The number of hydrogen-bond donors (Lipinski definition) is 2. The Bertz CT molecular complexity index is 473. The molecule has 1 saturated heterocycles. The molecule has 1 amide bonds. The van der Waals surface area contributed by atoms with Gasteiger partial charge in [-0.2, -0.15) is 0 Å². The molecule has 1 heterocycles. The highest BCUT2D eigenvalue weighted by Gasteiger charge is 2.19. The second kappa shape index (κ2) is 9.13. The van der Waals surface area contributed by atoms with Crippen LogP contribution in [-0.2, 0) is 4.79 Å². The van der Waals surface area contributed by atoms with E-state index >= 15 is 0 Å². The summed E-state index contributed by atoms with van der Waals surface area (Å²) in [5.74, 6) is 0.892. The number of nitrogens with zero attached hydrogens (tertiary/aromatic N) is 1. The number of carbonyl (C=O) groups excluding carboxylic acids is 1. The first-order valence-corrected chi connectivity index (χ1v) is 8.47. The van der Waals surface area contributed by atoms with Gasteiger partial charge in [0.2, 0.25) is 5.91 Å². The summed E-state index contributed by atoms with van der Waals surface area (Å²) in [4.78, 5) is 14.4. The second-order valence-electron chi connectivity index (χ2n) is 5.99. The van der Waals surface area contributed by atoms with Crippen LogP contribution in [0.3, 0.4) is 0 Å². The first-order valence-electron chi connectivity index (χ1n) is 8.10. The van der Waals surface area contributed by atoms with E-state index in [4.69, 9.17) is 11.6 Å². The molecule has 0 saturated carbocycles. The largest absolute Gasteiger partial charge is 0.326 e. The quantitative estimate of drug-likeness (QED) is 0.810. The average molecular weight is 324 g/mol. The summed E-state index contributed by atoms with van der Waals surface area (Å²) >= 11 is 5.91. The van der Waals surface area contributed by atoms with E-state index in [1.807, 2.05) is 19.2 Å². The van der Waals surface area contributed by atoms with Crippen LogP contribution in [0.1, 0.15) is 25.7 Å². The molecule has 0 radical (unpaired) electrons. The van der Waals surface area contributed by atoms with Gasteiger partial charge in [-0.25, -0.2) is 0 Å². The number of halogens is 1. The zero-order chi connectivity index (χ0) is 15.8. The lowest BCUT2D eigenvalue weighted by atomic mass is 9.93. The standard InChI is InChI=1S/C17H26ClN3O/c1-19-9-5-14-6-10-21(11-7-14)12-8-17(22)20-16-4-2-3-15(18)13-16/h2-4,13-14,19H,5-12H2,1H3,(H,20,22). The van der Waals surface area contributed by atoms with Gasteiger partial charge in [-0.3, -0.25) is 4.79 Å². The maximum atomic E-state index is 12.0. The Labute approximate surface area is 138 Å². The number of amides is 1. The molecule has 0 spiro atoms. The first-order chi connectivity index (χ1) is 10.7. The van der Waals surface area contributed by atoms with Crippen molar-refractivity contribution in [2.24, 2.45) is 5.92 Å². The van der Waals surface area contributed by atoms with Gasteiger partial charge in [0, 0.05) is 23.7 Å². The van der Waals surface area contributed by atoms with Gasteiger partial charge in [0.25, 0.3) is 0 Å². The highest BCUT2D eigenvalue weighted by atomic mass is 35.5. The minimum absolute atomic E-state index is 0.0552. The molecule has 0 aliphatic carbocycles. The number of hydrogen-bond acceptors (Lipinski definition) is 3. The van der Waals surface area contributed by atoms with Gasteiger partial charge in [0.15, 0.2) is 0 Å². The minimum Gasteiger partial charge on any atom is -0.326 e. The van der Waals surface area contributed by atoms with Crippen LogP contribution in [0, 0.1) is 5.92 Å². The van der Waals surface area contributed by atoms with Crippen molar-refractivity contribution >= 4 is 23.2 Å². The Kier molecular flexibility index (Phi) is 7.16. The Hall–Kier alpha value is -1.10. The molecule has 22 heavy (non-hydrogen) atoms. The van der Waals surface area contributed by atoms with Gasteiger partial charge in [-0.1, -0.05) is 17.7 Å². The van der Waals surface area contributed by atoms with Gasteiger partial charge in [0.1, 0.15) is 0 Å².